The number of nitrogens with zero attached hydrogens (tertiary/aromatic N) is 1. The van der Waals surface area contributed by atoms with Gasteiger partial charge in [0, 0.05) is 42.9 Å². The van der Waals surface area contributed by atoms with E-state index in [9.17, 15) is 4.79 Å². The van der Waals surface area contributed by atoms with Crippen molar-refractivity contribution >= 4 is 17.7 Å². The molecule has 2 fully saturated rings. The first-order valence-corrected chi connectivity index (χ1v) is 9.87. The summed E-state index contributed by atoms with van der Waals surface area (Å²) in [5, 5.41) is 3.19. The van der Waals surface area contributed by atoms with E-state index >= 15 is 0 Å². The maximum absolute atomic E-state index is 12.6. The fraction of sp³-hybridized carbons (Fsp3) is 0.611. The SMILES string of the molecule is O=C(NC[C@]1(N2CCOCC2)CCSC1)c1ccc2c(c1)CCO2. The molecule has 3 heterocycles. The van der Waals surface area contributed by atoms with Crippen LogP contribution < -0.4 is 10.1 Å². The zero-order valence-corrected chi connectivity index (χ0v) is 14.7. The highest BCUT2D eigenvalue weighted by Gasteiger charge is 2.40. The van der Waals surface area contributed by atoms with Gasteiger partial charge in [0.05, 0.1) is 19.8 Å². The average Bonchev–Trinajstić information content (AvgIpc) is 3.30. The quantitative estimate of drug-likeness (QED) is 0.895. The van der Waals surface area contributed by atoms with Gasteiger partial charge in [-0.25, -0.2) is 0 Å². The van der Waals surface area contributed by atoms with Gasteiger partial charge >= 0.3 is 0 Å². The maximum atomic E-state index is 12.6. The average molecular weight is 348 g/mol. The minimum absolute atomic E-state index is 0.0224. The van der Waals surface area contributed by atoms with Crippen LogP contribution in [0.25, 0.3) is 0 Å². The van der Waals surface area contributed by atoms with Crippen molar-refractivity contribution in [1.82, 2.24) is 10.2 Å². The second kappa shape index (κ2) is 6.94. The lowest BCUT2D eigenvalue weighted by molar-refractivity contribution is -0.0129. The summed E-state index contributed by atoms with van der Waals surface area (Å²) in [6.45, 7) is 4.96. The third kappa shape index (κ3) is 3.15. The van der Waals surface area contributed by atoms with Gasteiger partial charge in [0.25, 0.3) is 5.91 Å². The third-order valence-corrected chi connectivity index (χ3v) is 6.53. The van der Waals surface area contributed by atoms with Gasteiger partial charge in [-0.05, 0) is 35.9 Å². The number of carbonyl (C=O) groups is 1. The van der Waals surface area contributed by atoms with Crippen LogP contribution in [0.2, 0.25) is 0 Å². The molecule has 1 aromatic rings. The van der Waals surface area contributed by atoms with Crippen LogP contribution in [0.4, 0.5) is 0 Å². The molecule has 1 atom stereocenters. The van der Waals surface area contributed by atoms with Crippen molar-refractivity contribution in [2.24, 2.45) is 0 Å². The maximum Gasteiger partial charge on any atom is 0.251 e. The van der Waals surface area contributed by atoms with E-state index in [4.69, 9.17) is 9.47 Å². The molecular formula is C18H24N2O3S. The van der Waals surface area contributed by atoms with Gasteiger partial charge < -0.3 is 14.8 Å². The largest absolute Gasteiger partial charge is 0.493 e. The smallest absolute Gasteiger partial charge is 0.251 e. The summed E-state index contributed by atoms with van der Waals surface area (Å²) in [5.74, 6) is 3.20. The first-order chi connectivity index (χ1) is 11.8. The Morgan fingerprint density at radius 3 is 2.96 bits per heavy atom. The molecule has 3 aliphatic heterocycles. The molecule has 6 heteroatoms. The highest BCUT2D eigenvalue weighted by molar-refractivity contribution is 7.99. The van der Waals surface area contributed by atoms with Crippen molar-refractivity contribution in [3.63, 3.8) is 0 Å². The van der Waals surface area contributed by atoms with Crippen molar-refractivity contribution in [3.8, 4) is 5.75 Å². The minimum atomic E-state index is 0.0224. The van der Waals surface area contributed by atoms with E-state index < -0.39 is 0 Å². The van der Waals surface area contributed by atoms with Crippen molar-refractivity contribution in [3.05, 3.63) is 29.3 Å². The van der Waals surface area contributed by atoms with Crippen LogP contribution in [0.5, 0.6) is 5.75 Å². The Bertz CT molecular complexity index is 610. The number of ether oxygens (including phenoxy) is 2. The van der Waals surface area contributed by atoms with E-state index in [1.807, 2.05) is 30.0 Å². The molecule has 0 radical (unpaired) electrons. The van der Waals surface area contributed by atoms with E-state index in [1.54, 1.807) is 0 Å². The zero-order valence-electron chi connectivity index (χ0n) is 13.9. The Hall–Kier alpha value is -1.24. The predicted molar refractivity (Wildman–Crippen MR) is 95.0 cm³/mol. The number of morpholine rings is 1. The van der Waals surface area contributed by atoms with Gasteiger partial charge in [0.1, 0.15) is 5.75 Å². The van der Waals surface area contributed by atoms with Gasteiger partial charge in [-0.1, -0.05) is 0 Å². The Labute approximate surface area is 147 Å². The van der Waals surface area contributed by atoms with Gasteiger partial charge in [0.2, 0.25) is 0 Å². The molecule has 24 heavy (non-hydrogen) atoms. The van der Waals surface area contributed by atoms with E-state index in [0.717, 1.165) is 68.4 Å². The highest BCUT2D eigenvalue weighted by atomic mass is 32.2. The standard InChI is InChI=1S/C18H24N2O3S/c21-17(15-1-2-16-14(11-15)3-7-23-16)19-12-18(4-10-24-13-18)20-5-8-22-9-6-20/h1-2,11H,3-10,12-13H2,(H,19,21)/t18-/m1/s1. The molecule has 3 aliphatic rings. The van der Waals surface area contributed by atoms with Crippen LogP contribution in [0, 0.1) is 0 Å². The summed E-state index contributed by atoms with van der Waals surface area (Å²) >= 11 is 1.99. The third-order valence-electron chi connectivity index (χ3n) is 5.29. The van der Waals surface area contributed by atoms with Crippen LogP contribution in [0.15, 0.2) is 18.2 Å². The molecule has 0 saturated carbocycles. The van der Waals surface area contributed by atoms with E-state index in [0.29, 0.717) is 6.54 Å². The molecule has 0 spiro atoms. The molecular weight excluding hydrogens is 324 g/mol. The Morgan fingerprint density at radius 1 is 1.29 bits per heavy atom. The zero-order chi connectivity index (χ0) is 16.4. The predicted octanol–water partition coefficient (Wildman–Crippen LogP) is 1.56. The molecule has 1 N–H and O–H groups in total. The van der Waals surface area contributed by atoms with Crippen molar-refractivity contribution in [2.75, 3.05) is 51.0 Å². The van der Waals surface area contributed by atoms with Crippen LogP contribution >= 0.6 is 11.8 Å². The molecule has 4 rings (SSSR count). The number of rotatable bonds is 4. The van der Waals surface area contributed by atoms with E-state index in [1.165, 1.54) is 5.75 Å². The van der Waals surface area contributed by atoms with Gasteiger partial charge in [-0.15, -0.1) is 0 Å². The summed E-state index contributed by atoms with van der Waals surface area (Å²) in [5.41, 5.74) is 1.97. The summed E-state index contributed by atoms with van der Waals surface area (Å²) in [6, 6.07) is 5.76. The minimum Gasteiger partial charge on any atom is -0.493 e. The molecule has 1 amide bonds. The first kappa shape index (κ1) is 16.2. The summed E-state index contributed by atoms with van der Waals surface area (Å²) in [6.07, 6.45) is 2.03. The van der Waals surface area contributed by atoms with Crippen molar-refractivity contribution < 1.29 is 14.3 Å². The lowest BCUT2D eigenvalue weighted by Gasteiger charge is -2.43. The summed E-state index contributed by atoms with van der Waals surface area (Å²) in [4.78, 5) is 15.1. The second-order valence-corrected chi connectivity index (χ2v) is 7.84. The number of hydrogen-bond donors (Lipinski definition) is 1. The Morgan fingerprint density at radius 2 is 2.17 bits per heavy atom. The normalized spacial score (nSPS) is 26.8. The first-order valence-electron chi connectivity index (χ1n) is 8.71. The number of amides is 1. The van der Waals surface area contributed by atoms with Gasteiger partial charge in [0.15, 0.2) is 0 Å². The van der Waals surface area contributed by atoms with E-state index in [2.05, 4.69) is 10.2 Å². The van der Waals surface area contributed by atoms with Crippen molar-refractivity contribution in [2.45, 2.75) is 18.4 Å². The summed E-state index contributed by atoms with van der Waals surface area (Å²) in [7, 11) is 0. The number of hydrogen-bond acceptors (Lipinski definition) is 5. The molecule has 2 saturated heterocycles. The van der Waals surface area contributed by atoms with Crippen LogP contribution in [0.3, 0.4) is 0 Å². The highest BCUT2D eigenvalue weighted by Crippen LogP contribution is 2.33. The van der Waals surface area contributed by atoms with Gasteiger partial charge in [-0.3, -0.25) is 9.69 Å². The van der Waals surface area contributed by atoms with Crippen LogP contribution in [-0.4, -0.2) is 67.3 Å². The van der Waals surface area contributed by atoms with Gasteiger partial charge in [-0.2, -0.15) is 11.8 Å². The van der Waals surface area contributed by atoms with Crippen molar-refractivity contribution in [1.29, 1.82) is 0 Å². The molecule has 130 valence electrons. The number of nitrogens with one attached hydrogen (secondary N) is 1. The molecule has 5 nitrogen and oxygen atoms in total. The summed E-state index contributed by atoms with van der Waals surface area (Å²) < 4.78 is 11.0. The Balaban J connectivity index is 1.43. The van der Waals surface area contributed by atoms with Crippen LogP contribution in [0.1, 0.15) is 22.3 Å². The van der Waals surface area contributed by atoms with Crippen LogP contribution in [-0.2, 0) is 11.2 Å². The topological polar surface area (TPSA) is 50.8 Å². The monoisotopic (exact) mass is 348 g/mol. The fourth-order valence-electron chi connectivity index (χ4n) is 3.81. The van der Waals surface area contributed by atoms with E-state index in [-0.39, 0.29) is 11.4 Å². The molecule has 1 aromatic carbocycles. The molecule has 0 aliphatic carbocycles. The fourth-order valence-corrected chi connectivity index (χ4v) is 5.29. The lowest BCUT2D eigenvalue weighted by Crippen LogP contribution is -2.59. The number of thioether (sulfide) groups is 1. The number of fused-ring (bicyclic) bond motifs is 1. The second-order valence-electron chi connectivity index (χ2n) is 6.73. The molecule has 0 unspecified atom stereocenters. The lowest BCUT2D eigenvalue weighted by atomic mass is 9.95. The number of benzene rings is 1. The Kier molecular flexibility index (Phi) is 4.70. The molecule has 0 aromatic heterocycles. The number of carbonyl (C=O) groups excluding carboxylic acids is 1. The molecule has 0 bridgehead atoms.